The van der Waals surface area contributed by atoms with Crippen LogP contribution < -0.4 is 9.64 Å². The summed E-state index contributed by atoms with van der Waals surface area (Å²) in [4.78, 5) is 23.6. The number of anilines is 1. The Morgan fingerprint density at radius 3 is 2.62 bits per heavy atom. The predicted molar refractivity (Wildman–Crippen MR) is 130 cm³/mol. The average molecular weight is 461 g/mol. The van der Waals surface area contributed by atoms with E-state index in [0.717, 1.165) is 87.6 Å². The highest BCUT2D eigenvalue weighted by atomic mass is 16.5. The zero-order chi connectivity index (χ0) is 23.3. The van der Waals surface area contributed by atoms with E-state index in [0.29, 0.717) is 5.88 Å². The molecule has 0 saturated carbocycles. The van der Waals surface area contributed by atoms with Gasteiger partial charge < -0.3 is 14.4 Å². The summed E-state index contributed by atoms with van der Waals surface area (Å²) in [7, 11) is 0. The van der Waals surface area contributed by atoms with Crippen LogP contribution in [0.5, 0.6) is 11.6 Å². The topological polar surface area (TPSA) is 76.5 Å². The highest BCUT2D eigenvalue weighted by Crippen LogP contribution is 2.32. The summed E-state index contributed by atoms with van der Waals surface area (Å²) in [6.45, 7) is 8.91. The Morgan fingerprint density at radius 2 is 1.79 bits per heavy atom. The standard InChI is InChI=1S/C26H32N6O2/c1-19-6-8-22(9-7-19)34-24-17-20(2)28-25(30-24)23-5-3-4-12-32(23)18-21-10-11-27-26(29-21)31-13-15-33-16-14-31/h6-11,17,23H,3-5,12-16,18H2,1-2H3/t23-/m0/s1. The Hall–Kier alpha value is -3.10. The molecule has 3 aromatic rings. The highest BCUT2D eigenvalue weighted by molar-refractivity contribution is 5.32. The van der Waals surface area contributed by atoms with Crippen LogP contribution in [-0.2, 0) is 11.3 Å². The van der Waals surface area contributed by atoms with Gasteiger partial charge in [-0.05, 0) is 51.4 Å². The molecule has 8 heteroatoms. The molecule has 2 saturated heterocycles. The van der Waals surface area contributed by atoms with Gasteiger partial charge in [-0.3, -0.25) is 4.90 Å². The van der Waals surface area contributed by atoms with Gasteiger partial charge in [-0.25, -0.2) is 15.0 Å². The number of nitrogens with zero attached hydrogens (tertiary/aromatic N) is 6. The fourth-order valence-electron chi connectivity index (χ4n) is 4.56. The van der Waals surface area contributed by atoms with Gasteiger partial charge in [0.05, 0.1) is 24.9 Å². The van der Waals surface area contributed by atoms with Gasteiger partial charge in [0.1, 0.15) is 11.6 Å². The Bertz CT molecular complexity index is 1100. The monoisotopic (exact) mass is 460 g/mol. The molecule has 2 aliphatic rings. The van der Waals surface area contributed by atoms with E-state index in [2.05, 4.69) is 21.7 Å². The number of aromatic nitrogens is 4. The molecule has 178 valence electrons. The van der Waals surface area contributed by atoms with Gasteiger partial charge in [-0.2, -0.15) is 4.98 Å². The van der Waals surface area contributed by atoms with E-state index < -0.39 is 0 Å². The Kier molecular flexibility index (Phi) is 6.97. The first-order chi connectivity index (χ1) is 16.6. The molecular weight excluding hydrogens is 428 g/mol. The zero-order valence-corrected chi connectivity index (χ0v) is 20.0. The van der Waals surface area contributed by atoms with Crippen LogP contribution in [0.25, 0.3) is 0 Å². The molecule has 0 aliphatic carbocycles. The lowest BCUT2D eigenvalue weighted by Crippen LogP contribution is -2.38. The number of hydrogen-bond donors (Lipinski definition) is 0. The molecule has 0 bridgehead atoms. The molecule has 0 unspecified atom stereocenters. The van der Waals surface area contributed by atoms with Crippen molar-refractivity contribution in [2.75, 3.05) is 37.7 Å². The van der Waals surface area contributed by atoms with Crippen LogP contribution in [0.2, 0.25) is 0 Å². The summed E-state index contributed by atoms with van der Waals surface area (Å²) >= 11 is 0. The van der Waals surface area contributed by atoms with E-state index in [-0.39, 0.29) is 6.04 Å². The predicted octanol–water partition coefficient (Wildman–Crippen LogP) is 4.24. The fourth-order valence-corrected chi connectivity index (χ4v) is 4.56. The number of hydrogen-bond acceptors (Lipinski definition) is 8. The molecule has 0 amide bonds. The summed E-state index contributed by atoms with van der Waals surface area (Å²) in [6.07, 6.45) is 5.21. The third-order valence-corrected chi connectivity index (χ3v) is 6.36. The highest BCUT2D eigenvalue weighted by Gasteiger charge is 2.28. The number of piperidine rings is 1. The van der Waals surface area contributed by atoms with Crippen molar-refractivity contribution in [1.29, 1.82) is 0 Å². The van der Waals surface area contributed by atoms with E-state index in [1.807, 2.05) is 49.5 Å². The van der Waals surface area contributed by atoms with Crippen molar-refractivity contribution < 1.29 is 9.47 Å². The van der Waals surface area contributed by atoms with Crippen LogP contribution in [0.1, 0.15) is 48.1 Å². The van der Waals surface area contributed by atoms with Crippen molar-refractivity contribution in [3.05, 3.63) is 65.4 Å². The maximum atomic E-state index is 6.08. The van der Waals surface area contributed by atoms with Crippen molar-refractivity contribution in [2.45, 2.75) is 45.7 Å². The van der Waals surface area contributed by atoms with Crippen LogP contribution in [0.3, 0.4) is 0 Å². The first-order valence-corrected chi connectivity index (χ1v) is 12.1. The van der Waals surface area contributed by atoms with Crippen molar-refractivity contribution in [3.8, 4) is 11.6 Å². The van der Waals surface area contributed by atoms with E-state index in [1.54, 1.807) is 0 Å². The van der Waals surface area contributed by atoms with Crippen LogP contribution in [0, 0.1) is 13.8 Å². The minimum atomic E-state index is 0.135. The maximum absolute atomic E-state index is 6.08. The van der Waals surface area contributed by atoms with Crippen molar-refractivity contribution in [3.63, 3.8) is 0 Å². The molecule has 2 aliphatic heterocycles. The van der Waals surface area contributed by atoms with Gasteiger partial charge in [0.2, 0.25) is 11.8 Å². The van der Waals surface area contributed by atoms with E-state index in [4.69, 9.17) is 24.4 Å². The van der Waals surface area contributed by atoms with E-state index in [9.17, 15) is 0 Å². The van der Waals surface area contributed by atoms with Crippen molar-refractivity contribution in [2.24, 2.45) is 0 Å². The first-order valence-electron chi connectivity index (χ1n) is 12.1. The number of likely N-dealkylation sites (tertiary alicyclic amines) is 1. The number of rotatable bonds is 6. The number of benzene rings is 1. The second-order valence-corrected chi connectivity index (χ2v) is 9.05. The summed E-state index contributed by atoms with van der Waals surface area (Å²) in [5, 5.41) is 0. The summed E-state index contributed by atoms with van der Waals surface area (Å²) in [5.74, 6) is 2.99. The molecule has 5 rings (SSSR count). The van der Waals surface area contributed by atoms with Crippen molar-refractivity contribution >= 4 is 5.95 Å². The summed E-state index contributed by atoms with van der Waals surface area (Å²) in [5.41, 5.74) is 3.13. The average Bonchev–Trinajstić information content (AvgIpc) is 2.86. The van der Waals surface area contributed by atoms with E-state index in [1.165, 1.54) is 5.56 Å². The zero-order valence-electron chi connectivity index (χ0n) is 20.0. The molecule has 2 fully saturated rings. The lowest BCUT2D eigenvalue weighted by molar-refractivity contribution is 0.121. The quantitative estimate of drug-likeness (QED) is 0.541. The third-order valence-electron chi connectivity index (χ3n) is 6.36. The van der Waals surface area contributed by atoms with Crippen LogP contribution in [0.15, 0.2) is 42.6 Å². The van der Waals surface area contributed by atoms with Gasteiger partial charge in [0.25, 0.3) is 0 Å². The minimum Gasteiger partial charge on any atom is -0.439 e. The fraction of sp³-hybridized carbons (Fsp3) is 0.462. The van der Waals surface area contributed by atoms with Crippen LogP contribution in [-0.4, -0.2) is 57.7 Å². The third kappa shape index (κ3) is 5.51. The summed E-state index contributed by atoms with van der Waals surface area (Å²) < 4.78 is 11.5. The van der Waals surface area contributed by atoms with Crippen LogP contribution >= 0.6 is 0 Å². The first kappa shape index (κ1) is 22.7. The lowest BCUT2D eigenvalue weighted by Gasteiger charge is -2.34. The smallest absolute Gasteiger partial charge is 0.225 e. The minimum absolute atomic E-state index is 0.135. The van der Waals surface area contributed by atoms with Gasteiger partial charge >= 0.3 is 0 Å². The molecule has 0 spiro atoms. The Morgan fingerprint density at radius 1 is 0.971 bits per heavy atom. The van der Waals surface area contributed by atoms with Gasteiger partial charge in [-0.15, -0.1) is 0 Å². The molecule has 0 radical (unpaired) electrons. The molecule has 34 heavy (non-hydrogen) atoms. The second-order valence-electron chi connectivity index (χ2n) is 9.05. The molecule has 8 nitrogen and oxygen atoms in total. The second kappa shape index (κ2) is 10.4. The van der Waals surface area contributed by atoms with Gasteiger partial charge in [0, 0.05) is 37.6 Å². The molecule has 0 N–H and O–H groups in total. The van der Waals surface area contributed by atoms with Gasteiger partial charge in [0.15, 0.2) is 0 Å². The number of ether oxygens (including phenoxy) is 2. The molecule has 1 atom stereocenters. The lowest BCUT2D eigenvalue weighted by atomic mass is 10.0. The van der Waals surface area contributed by atoms with Crippen LogP contribution in [0.4, 0.5) is 5.95 Å². The van der Waals surface area contributed by atoms with Gasteiger partial charge in [-0.1, -0.05) is 24.1 Å². The number of aryl methyl sites for hydroxylation is 2. The molecule has 2 aromatic heterocycles. The Balaban J connectivity index is 1.34. The van der Waals surface area contributed by atoms with E-state index >= 15 is 0 Å². The normalized spacial score (nSPS) is 19.2. The largest absolute Gasteiger partial charge is 0.439 e. The molecule has 1 aromatic carbocycles. The summed E-state index contributed by atoms with van der Waals surface area (Å²) in [6, 6.07) is 12.1. The molecule has 4 heterocycles. The van der Waals surface area contributed by atoms with Crippen molar-refractivity contribution in [1.82, 2.24) is 24.8 Å². The molecular formula is C26H32N6O2. The maximum Gasteiger partial charge on any atom is 0.225 e. The SMILES string of the molecule is Cc1ccc(Oc2cc(C)nc([C@@H]3CCCCN3Cc3ccnc(N4CCOCC4)n3)n2)cc1. The Labute approximate surface area is 201 Å². The number of morpholine rings is 1.